The van der Waals surface area contributed by atoms with E-state index in [1.807, 2.05) is 12.1 Å². The third-order valence-corrected chi connectivity index (χ3v) is 7.15. The van der Waals surface area contributed by atoms with E-state index in [0.717, 1.165) is 5.56 Å². The van der Waals surface area contributed by atoms with E-state index in [9.17, 15) is 23.3 Å². The van der Waals surface area contributed by atoms with Gasteiger partial charge in [-0.05, 0) is 29.2 Å². The van der Waals surface area contributed by atoms with Crippen LogP contribution in [-0.2, 0) is 15.4 Å². The molecule has 30 heavy (non-hydrogen) atoms. The van der Waals surface area contributed by atoms with Crippen molar-refractivity contribution in [2.45, 2.75) is 31.1 Å². The summed E-state index contributed by atoms with van der Waals surface area (Å²) in [4.78, 5) is 24.6. The van der Waals surface area contributed by atoms with Crippen LogP contribution < -0.4 is 0 Å². The number of hydrogen-bond donors (Lipinski definition) is 0. The largest absolute Gasteiger partial charge is 0.336 e. The molecule has 3 rings (SSSR count). The molecule has 0 spiro atoms. The Bertz CT molecular complexity index is 1050. The first-order valence-corrected chi connectivity index (χ1v) is 11.1. The summed E-state index contributed by atoms with van der Waals surface area (Å²) >= 11 is 0. The van der Waals surface area contributed by atoms with Gasteiger partial charge in [0.2, 0.25) is 10.0 Å². The number of amides is 1. The fourth-order valence-corrected chi connectivity index (χ4v) is 4.97. The second-order valence-corrected chi connectivity index (χ2v) is 10.2. The number of benzene rings is 2. The van der Waals surface area contributed by atoms with Crippen molar-refractivity contribution in [1.82, 2.24) is 9.21 Å². The van der Waals surface area contributed by atoms with E-state index in [-0.39, 0.29) is 42.4 Å². The lowest BCUT2D eigenvalue weighted by Gasteiger charge is -2.34. The van der Waals surface area contributed by atoms with Crippen molar-refractivity contribution in [1.29, 1.82) is 0 Å². The molecule has 0 N–H and O–H groups in total. The first kappa shape index (κ1) is 21.9. The molecule has 0 aromatic heterocycles. The number of rotatable bonds is 4. The minimum atomic E-state index is -4.02. The Morgan fingerprint density at radius 3 is 2.07 bits per heavy atom. The average molecular weight is 432 g/mol. The molecule has 9 heteroatoms. The normalized spacial score (nSPS) is 15.8. The zero-order valence-electron chi connectivity index (χ0n) is 17.2. The molecule has 2 aromatic rings. The van der Waals surface area contributed by atoms with E-state index in [0.29, 0.717) is 5.56 Å². The Morgan fingerprint density at radius 2 is 1.53 bits per heavy atom. The molecule has 0 radical (unpaired) electrons. The Balaban J connectivity index is 1.71. The van der Waals surface area contributed by atoms with Gasteiger partial charge in [-0.25, -0.2) is 8.42 Å². The molecule has 0 bridgehead atoms. The molecule has 0 unspecified atom stereocenters. The second-order valence-electron chi connectivity index (χ2n) is 8.25. The number of para-hydroxylation sites is 1. The SMILES string of the molecule is CC(C)(C)c1ccc(C(=O)N2CCN(S(=O)(=O)c3ccccc3[N+](=O)[O-])CC2)cc1. The summed E-state index contributed by atoms with van der Waals surface area (Å²) in [6.07, 6.45) is 0. The lowest BCUT2D eigenvalue weighted by atomic mass is 9.86. The van der Waals surface area contributed by atoms with Crippen LogP contribution >= 0.6 is 0 Å². The van der Waals surface area contributed by atoms with E-state index in [4.69, 9.17) is 0 Å². The summed E-state index contributed by atoms with van der Waals surface area (Å²) in [6, 6.07) is 12.7. The fourth-order valence-electron chi connectivity index (χ4n) is 3.39. The van der Waals surface area contributed by atoms with E-state index < -0.39 is 20.6 Å². The Hall–Kier alpha value is -2.78. The number of carbonyl (C=O) groups excluding carboxylic acids is 1. The zero-order chi connectivity index (χ0) is 22.1. The van der Waals surface area contributed by atoms with Gasteiger partial charge in [-0.3, -0.25) is 14.9 Å². The van der Waals surface area contributed by atoms with E-state index in [1.54, 1.807) is 17.0 Å². The van der Waals surface area contributed by atoms with Gasteiger partial charge in [0, 0.05) is 37.8 Å². The summed E-state index contributed by atoms with van der Waals surface area (Å²) in [5.74, 6) is -0.154. The maximum Gasteiger partial charge on any atom is 0.289 e. The molecule has 1 aliphatic heterocycles. The number of nitro groups is 1. The monoisotopic (exact) mass is 431 g/mol. The Morgan fingerprint density at radius 1 is 0.967 bits per heavy atom. The molecule has 0 saturated carbocycles. The fraction of sp³-hybridized carbons (Fsp3) is 0.381. The molecule has 1 saturated heterocycles. The summed E-state index contributed by atoms with van der Waals surface area (Å²) in [7, 11) is -4.02. The highest BCUT2D eigenvalue weighted by molar-refractivity contribution is 7.89. The van der Waals surface area contributed by atoms with Crippen LogP contribution in [0, 0.1) is 10.1 Å². The van der Waals surface area contributed by atoms with Gasteiger partial charge in [-0.2, -0.15) is 4.31 Å². The van der Waals surface area contributed by atoms with Gasteiger partial charge in [0.15, 0.2) is 4.90 Å². The molecule has 8 nitrogen and oxygen atoms in total. The smallest absolute Gasteiger partial charge is 0.289 e. The molecule has 0 aliphatic carbocycles. The van der Waals surface area contributed by atoms with Crippen LogP contribution in [0.25, 0.3) is 0 Å². The summed E-state index contributed by atoms with van der Waals surface area (Å²) in [5, 5.41) is 11.2. The minimum Gasteiger partial charge on any atom is -0.336 e. The van der Waals surface area contributed by atoms with Crippen molar-refractivity contribution in [2.75, 3.05) is 26.2 Å². The number of carbonyl (C=O) groups is 1. The predicted molar refractivity (Wildman–Crippen MR) is 113 cm³/mol. The summed E-state index contributed by atoms with van der Waals surface area (Å²) in [6.45, 7) is 6.90. The van der Waals surface area contributed by atoms with Crippen LogP contribution in [0.1, 0.15) is 36.7 Å². The average Bonchev–Trinajstić information content (AvgIpc) is 2.72. The van der Waals surface area contributed by atoms with Crippen molar-refractivity contribution < 1.29 is 18.1 Å². The predicted octanol–water partition coefficient (Wildman–Crippen LogP) is 3.04. The number of nitro benzene ring substituents is 1. The quantitative estimate of drug-likeness (QED) is 0.547. The van der Waals surface area contributed by atoms with E-state index >= 15 is 0 Å². The number of nitrogens with zero attached hydrogens (tertiary/aromatic N) is 3. The molecule has 1 amide bonds. The summed E-state index contributed by atoms with van der Waals surface area (Å²) < 4.78 is 27.0. The molecule has 160 valence electrons. The van der Waals surface area contributed by atoms with Gasteiger partial charge in [-0.1, -0.05) is 45.0 Å². The lowest BCUT2D eigenvalue weighted by Crippen LogP contribution is -2.50. The van der Waals surface area contributed by atoms with Crippen LogP contribution in [0.2, 0.25) is 0 Å². The molecular weight excluding hydrogens is 406 g/mol. The van der Waals surface area contributed by atoms with Gasteiger partial charge >= 0.3 is 0 Å². The minimum absolute atomic E-state index is 0.0123. The van der Waals surface area contributed by atoms with Crippen molar-refractivity contribution >= 4 is 21.6 Å². The van der Waals surface area contributed by atoms with Gasteiger partial charge < -0.3 is 4.90 Å². The number of hydrogen-bond acceptors (Lipinski definition) is 5. The van der Waals surface area contributed by atoms with Gasteiger partial charge in [0.1, 0.15) is 0 Å². The number of sulfonamides is 1. The van der Waals surface area contributed by atoms with Crippen LogP contribution in [0.3, 0.4) is 0 Å². The third kappa shape index (κ3) is 4.36. The standard InChI is InChI=1S/C21H25N3O5S/c1-21(2,3)17-10-8-16(9-11-17)20(25)22-12-14-23(15-13-22)30(28,29)19-7-5-4-6-18(19)24(26)27/h4-11H,12-15H2,1-3H3. The van der Waals surface area contributed by atoms with Gasteiger partial charge in [-0.15, -0.1) is 0 Å². The maximum absolute atomic E-state index is 12.9. The van der Waals surface area contributed by atoms with E-state index in [1.165, 1.54) is 28.6 Å². The Kier molecular flexibility index (Phi) is 5.96. The van der Waals surface area contributed by atoms with Crippen LogP contribution in [-0.4, -0.2) is 54.6 Å². The van der Waals surface area contributed by atoms with Crippen molar-refractivity contribution in [2.24, 2.45) is 0 Å². The molecule has 2 aromatic carbocycles. The Labute approximate surface area is 176 Å². The highest BCUT2D eigenvalue weighted by atomic mass is 32.2. The molecular formula is C21H25N3O5S. The van der Waals surface area contributed by atoms with Gasteiger partial charge in [0.05, 0.1) is 4.92 Å². The van der Waals surface area contributed by atoms with Crippen LogP contribution in [0.15, 0.2) is 53.4 Å². The first-order chi connectivity index (χ1) is 14.0. The van der Waals surface area contributed by atoms with Gasteiger partial charge in [0.25, 0.3) is 11.6 Å². The highest BCUT2D eigenvalue weighted by Gasteiger charge is 2.34. The maximum atomic E-state index is 12.9. The molecule has 1 aliphatic rings. The topological polar surface area (TPSA) is 101 Å². The summed E-state index contributed by atoms with van der Waals surface area (Å²) in [5.41, 5.74) is 1.22. The zero-order valence-corrected chi connectivity index (χ0v) is 18.1. The molecule has 0 atom stereocenters. The molecule has 1 heterocycles. The number of piperazine rings is 1. The molecule has 1 fully saturated rings. The third-order valence-electron chi connectivity index (χ3n) is 5.20. The van der Waals surface area contributed by atoms with Crippen LogP contribution in [0.5, 0.6) is 0 Å². The van der Waals surface area contributed by atoms with Crippen molar-refractivity contribution in [3.63, 3.8) is 0 Å². The van der Waals surface area contributed by atoms with Crippen molar-refractivity contribution in [3.05, 3.63) is 69.8 Å². The highest BCUT2D eigenvalue weighted by Crippen LogP contribution is 2.27. The second kappa shape index (κ2) is 8.16. The lowest BCUT2D eigenvalue weighted by molar-refractivity contribution is -0.387. The van der Waals surface area contributed by atoms with Crippen molar-refractivity contribution in [3.8, 4) is 0 Å². The van der Waals surface area contributed by atoms with Crippen LogP contribution in [0.4, 0.5) is 5.69 Å². The first-order valence-electron chi connectivity index (χ1n) is 9.65. The van der Waals surface area contributed by atoms with E-state index in [2.05, 4.69) is 20.8 Å².